The number of hydrogen-bond acceptors (Lipinski definition) is 1. The number of thiophene rings is 1. The van der Waals surface area contributed by atoms with Crippen molar-refractivity contribution in [1.82, 2.24) is 0 Å². The van der Waals surface area contributed by atoms with Crippen LogP contribution in [0.1, 0.15) is 22.3 Å². The molecule has 0 saturated heterocycles. The Hall–Kier alpha value is -3.42. The maximum absolute atomic E-state index is 2.27. The van der Waals surface area contributed by atoms with Gasteiger partial charge in [0.15, 0.2) is 0 Å². The predicted octanol–water partition coefficient (Wildman–Crippen LogP) is 9.65. The molecular weight excluding hydrogens is 416 g/mol. The Morgan fingerprint density at radius 2 is 0.576 bits per heavy atom. The van der Waals surface area contributed by atoms with E-state index in [-0.39, 0.29) is 0 Å². The molecule has 0 radical (unpaired) electrons. The molecule has 0 nitrogen and oxygen atoms in total. The third-order valence-corrected chi connectivity index (χ3v) is 7.50. The molecule has 5 rings (SSSR count). The van der Waals surface area contributed by atoms with Crippen LogP contribution in [0.2, 0.25) is 0 Å². The second-order valence-corrected chi connectivity index (χ2v) is 10.00. The van der Waals surface area contributed by atoms with Gasteiger partial charge in [-0.15, -0.1) is 11.3 Å². The van der Waals surface area contributed by atoms with Crippen molar-refractivity contribution < 1.29 is 0 Å². The van der Waals surface area contributed by atoms with Crippen molar-refractivity contribution in [3.63, 3.8) is 0 Å². The summed E-state index contributed by atoms with van der Waals surface area (Å²) in [6.45, 7) is 8.59. The fourth-order valence-corrected chi connectivity index (χ4v) is 5.59. The van der Waals surface area contributed by atoms with Crippen molar-refractivity contribution in [2.75, 3.05) is 0 Å². The van der Waals surface area contributed by atoms with Crippen LogP contribution in [0.25, 0.3) is 43.1 Å². The average Bonchev–Trinajstić information content (AvgIpc) is 3.21. The van der Waals surface area contributed by atoms with Gasteiger partial charge in [-0.05, 0) is 49.9 Å². The molecule has 0 N–H and O–H groups in total. The minimum Gasteiger partial charge on any atom is -0.134 e. The summed E-state index contributed by atoms with van der Waals surface area (Å²) in [5.41, 5.74) is 12.8. The van der Waals surface area contributed by atoms with Gasteiger partial charge in [-0.25, -0.2) is 0 Å². The van der Waals surface area contributed by atoms with Gasteiger partial charge in [0, 0.05) is 20.9 Å². The molecule has 162 valence electrons. The van der Waals surface area contributed by atoms with Crippen molar-refractivity contribution in [2.24, 2.45) is 0 Å². The number of hydrogen-bond donors (Lipinski definition) is 0. The van der Waals surface area contributed by atoms with Crippen LogP contribution in [0.5, 0.6) is 0 Å². The molecule has 0 aliphatic rings. The molecular formula is C32H28S. The summed E-state index contributed by atoms with van der Waals surface area (Å²) in [5, 5.41) is 0. The second-order valence-electron chi connectivity index (χ2n) is 8.97. The summed E-state index contributed by atoms with van der Waals surface area (Å²) in [6, 6.07) is 35.8. The molecule has 0 unspecified atom stereocenters. The third-order valence-electron chi connectivity index (χ3n) is 6.22. The van der Waals surface area contributed by atoms with Crippen LogP contribution in [0.3, 0.4) is 0 Å². The number of benzene rings is 4. The van der Waals surface area contributed by atoms with Crippen molar-refractivity contribution >= 4 is 11.3 Å². The third kappa shape index (κ3) is 4.29. The van der Waals surface area contributed by atoms with Gasteiger partial charge >= 0.3 is 0 Å². The molecule has 4 aromatic carbocycles. The molecule has 1 aromatic heterocycles. The minimum absolute atomic E-state index is 1.27. The van der Waals surface area contributed by atoms with Crippen LogP contribution in [0.4, 0.5) is 0 Å². The molecule has 0 spiro atoms. The van der Waals surface area contributed by atoms with Crippen LogP contribution in [-0.2, 0) is 0 Å². The summed E-state index contributed by atoms with van der Waals surface area (Å²) in [4.78, 5) is 2.65. The van der Waals surface area contributed by atoms with E-state index >= 15 is 0 Å². The standard InChI is InChI=1S/C32H28S/c1-21-5-13-25(14-6-21)29-30(26-15-7-22(2)8-16-26)32(28-19-11-24(4)12-20-28)33-31(29)27-17-9-23(3)10-18-27/h5-20H,1-4H3. The summed E-state index contributed by atoms with van der Waals surface area (Å²) >= 11 is 1.90. The molecule has 0 saturated carbocycles. The van der Waals surface area contributed by atoms with Gasteiger partial charge in [0.2, 0.25) is 0 Å². The SMILES string of the molecule is Cc1ccc(-c2sc(-c3ccc(C)cc3)c(-c3ccc(C)cc3)c2-c2ccc(C)cc2)cc1. The van der Waals surface area contributed by atoms with Crippen molar-refractivity contribution in [2.45, 2.75) is 27.7 Å². The Morgan fingerprint density at radius 3 is 0.848 bits per heavy atom. The molecule has 5 aromatic rings. The highest BCUT2D eigenvalue weighted by atomic mass is 32.1. The van der Waals surface area contributed by atoms with E-state index in [0.29, 0.717) is 0 Å². The first-order valence-corrected chi connectivity index (χ1v) is 12.3. The molecule has 0 aliphatic carbocycles. The van der Waals surface area contributed by atoms with Crippen LogP contribution in [-0.4, -0.2) is 0 Å². The Bertz CT molecular complexity index is 1270. The zero-order valence-electron chi connectivity index (χ0n) is 19.6. The van der Waals surface area contributed by atoms with Crippen molar-refractivity contribution in [3.8, 4) is 43.1 Å². The Balaban J connectivity index is 1.86. The normalized spacial score (nSPS) is 11.0. The van der Waals surface area contributed by atoms with E-state index in [0.717, 1.165) is 0 Å². The quantitative estimate of drug-likeness (QED) is 0.259. The van der Waals surface area contributed by atoms with Gasteiger partial charge in [-0.1, -0.05) is 119 Å². The molecule has 0 bridgehead atoms. The highest BCUT2D eigenvalue weighted by Gasteiger charge is 2.23. The predicted molar refractivity (Wildman–Crippen MR) is 145 cm³/mol. The highest BCUT2D eigenvalue weighted by molar-refractivity contribution is 7.20. The van der Waals surface area contributed by atoms with E-state index in [2.05, 4.69) is 125 Å². The Morgan fingerprint density at radius 1 is 0.333 bits per heavy atom. The Kier molecular flexibility index (Phi) is 5.74. The maximum atomic E-state index is 2.27. The van der Waals surface area contributed by atoms with E-state index < -0.39 is 0 Å². The van der Waals surface area contributed by atoms with Crippen LogP contribution < -0.4 is 0 Å². The van der Waals surface area contributed by atoms with Gasteiger partial charge in [0.1, 0.15) is 0 Å². The van der Waals surface area contributed by atoms with E-state index in [1.165, 1.54) is 65.4 Å². The zero-order valence-corrected chi connectivity index (χ0v) is 20.5. The number of rotatable bonds is 4. The first-order chi connectivity index (χ1) is 16.0. The lowest BCUT2D eigenvalue weighted by molar-refractivity contribution is 1.46. The molecule has 0 fully saturated rings. The van der Waals surface area contributed by atoms with E-state index in [9.17, 15) is 0 Å². The summed E-state index contributed by atoms with van der Waals surface area (Å²) in [5.74, 6) is 0. The molecule has 1 heterocycles. The smallest absolute Gasteiger partial charge is 0.0434 e. The topological polar surface area (TPSA) is 0 Å². The Labute approximate surface area is 201 Å². The second kappa shape index (κ2) is 8.84. The van der Waals surface area contributed by atoms with Crippen molar-refractivity contribution in [3.05, 3.63) is 119 Å². The van der Waals surface area contributed by atoms with Gasteiger partial charge in [0.25, 0.3) is 0 Å². The van der Waals surface area contributed by atoms with Crippen molar-refractivity contribution in [1.29, 1.82) is 0 Å². The summed E-state index contributed by atoms with van der Waals surface area (Å²) in [6.07, 6.45) is 0. The molecule has 0 amide bonds. The first-order valence-electron chi connectivity index (χ1n) is 11.4. The summed E-state index contributed by atoms with van der Waals surface area (Å²) in [7, 11) is 0. The lowest BCUT2D eigenvalue weighted by atomic mass is 9.90. The summed E-state index contributed by atoms with van der Waals surface area (Å²) < 4.78 is 0. The van der Waals surface area contributed by atoms with E-state index in [4.69, 9.17) is 0 Å². The highest BCUT2D eigenvalue weighted by Crippen LogP contribution is 2.52. The van der Waals surface area contributed by atoms with E-state index in [1.54, 1.807) is 0 Å². The van der Waals surface area contributed by atoms with Gasteiger partial charge in [0.05, 0.1) is 0 Å². The molecule has 1 heteroatoms. The average molecular weight is 445 g/mol. The lowest BCUT2D eigenvalue weighted by Gasteiger charge is -2.12. The van der Waals surface area contributed by atoms with Crippen LogP contribution >= 0.6 is 11.3 Å². The first kappa shape index (κ1) is 21.4. The van der Waals surface area contributed by atoms with E-state index in [1.807, 2.05) is 11.3 Å². The van der Waals surface area contributed by atoms with Gasteiger partial charge < -0.3 is 0 Å². The van der Waals surface area contributed by atoms with Crippen LogP contribution in [0.15, 0.2) is 97.1 Å². The fraction of sp³-hybridized carbons (Fsp3) is 0.125. The largest absolute Gasteiger partial charge is 0.134 e. The molecule has 0 atom stereocenters. The fourth-order valence-electron chi connectivity index (χ4n) is 4.24. The van der Waals surface area contributed by atoms with Crippen LogP contribution in [0, 0.1) is 27.7 Å². The van der Waals surface area contributed by atoms with Gasteiger partial charge in [-0.2, -0.15) is 0 Å². The minimum atomic E-state index is 1.27. The maximum Gasteiger partial charge on any atom is 0.0434 e. The van der Waals surface area contributed by atoms with Gasteiger partial charge in [-0.3, -0.25) is 0 Å². The number of aryl methyl sites for hydroxylation is 4. The lowest BCUT2D eigenvalue weighted by Crippen LogP contribution is -1.87. The monoisotopic (exact) mass is 444 g/mol. The molecule has 0 aliphatic heterocycles. The molecule has 33 heavy (non-hydrogen) atoms. The zero-order chi connectivity index (χ0) is 22.9.